The molecule has 1 aliphatic heterocycles. The second kappa shape index (κ2) is 3.69. The van der Waals surface area contributed by atoms with Gasteiger partial charge in [0.05, 0.1) is 0 Å². The van der Waals surface area contributed by atoms with Gasteiger partial charge in [0.2, 0.25) is 5.90 Å². The molecule has 1 aromatic rings. The molecule has 1 aromatic carbocycles. The van der Waals surface area contributed by atoms with E-state index in [0.717, 1.165) is 5.56 Å². The van der Waals surface area contributed by atoms with Crippen LogP contribution in [0.3, 0.4) is 0 Å². The highest BCUT2D eigenvalue weighted by Gasteiger charge is 2.30. The first-order valence-corrected chi connectivity index (χ1v) is 4.69. The van der Waals surface area contributed by atoms with Gasteiger partial charge in [0.1, 0.15) is 0 Å². The van der Waals surface area contributed by atoms with Crippen LogP contribution in [0.4, 0.5) is 0 Å². The zero-order valence-electron chi connectivity index (χ0n) is 8.43. The molecule has 0 fully saturated rings. The van der Waals surface area contributed by atoms with Crippen LogP contribution >= 0.6 is 0 Å². The molecular formula is C12H11NO2. The van der Waals surface area contributed by atoms with Gasteiger partial charge in [-0.25, -0.2) is 9.79 Å². The molecule has 3 heteroatoms. The molecule has 1 unspecified atom stereocenters. The second-order valence-electron chi connectivity index (χ2n) is 3.45. The molecule has 15 heavy (non-hydrogen) atoms. The number of carbonyl (C=O) groups is 1. The van der Waals surface area contributed by atoms with Crippen LogP contribution in [0.5, 0.6) is 0 Å². The summed E-state index contributed by atoms with van der Waals surface area (Å²) in [5, 5.41) is 0. The van der Waals surface area contributed by atoms with Crippen molar-refractivity contribution in [1.82, 2.24) is 0 Å². The number of benzene rings is 1. The van der Waals surface area contributed by atoms with E-state index in [1.807, 2.05) is 30.3 Å². The van der Waals surface area contributed by atoms with E-state index < -0.39 is 6.04 Å². The average molecular weight is 201 g/mol. The van der Waals surface area contributed by atoms with Gasteiger partial charge in [0.15, 0.2) is 6.04 Å². The molecule has 0 bridgehead atoms. The van der Waals surface area contributed by atoms with Crippen molar-refractivity contribution in [2.24, 2.45) is 4.99 Å². The largest absolute Gasteiger partial charge is 0.406 e. The van der Waals surface area contributed by atoms with Crippen molar-refractivity contribution >= 4 is 11.9 Å². The van der Waals surface area contributed by atoms with Crippen LogP contribution in [-0.2, 0) is 9.53 Å². The number of hydrogen-bond donors (Lipinski definition) is 0. The first kappa shape index (κ1) is 9.65. The Morgan fingerprint density at radius 2 is 2.07 bits per heavy atom. The van der Waals surface area contributed by atoms with Gasteiger partial charge in [-0.05, 0) is 12.5 Å². The summed E-state index contributed by atoms with van der Waals surface area (Å²) in [7, 11) is 0. The normalized spacial score (nSPS) is 19.7. The van der Waals surface area contributed by atoms with Crippen molar-refractivity contribution < 1.29 is 9.53 Å². The Kier molecular flexibility index (Phi) is 2.37. The molecule has 0 amide bonds. The van der Waals surface area contributed by atoms with E-state index in [-0.39, 0.29) is 5.97 Å². The number of carbonyl (C=O) groups excluding carboxylic acids is 1. The molecule has 0 N–H and O–H groups in total. The van der Waals surface area contributed by atoms with E-state index in [4.69, 9.17) is 4.74 Å². The van der Waals surface area contributed by atoms with Crippen molar-refractivity contribution in [1.29, 1.82) is 0 Å². The van der Waals surface area contributed by atoms with Crippen LogP contribution in [0.2, 0.25) is 0 Å². The average Bonchev–Trinajstić information content (AvgIpc) is 2.62. The molecule has 2 rings (SSSR count). The first-order valence-electron chi connectivity index (χ1n) is 4.69. The van der Waals surface area contributed by atoms with Crippen molar-refractivity contribution in [2.45, 2.75) is 13.0 Å². The lowest BCUT2D eigenvalue weighted by Gasteiger charge is -2.01. The maximum absolute atomic E-state index is 11.5. The number of hydrogen-bond acceptors (Lipinski definition) is 3. The van der Waals surface area contributed by atoms with Crippen LogP contribution in [0.15, 0.2) is 47.5 Å². The number of nitrogens with zero attached hydrogens (tertiary/aromatic N) is 1. The molecule has 0 radical (unpaired) electrons. The molecular weight excluding hydrogens is 190 g/mol. The predicted octanol–water partition coefficient (Wildman–Crippen LogP) is 2.26. The van der Waals surface area contributed by atoms with E-state index in [9.17, 15) is 4.79 Å². The number of esters is 1. The predicted molar refractivity (Wildman–Crippen MR) is 57.5 cm³/mol. The molecule has 0 saturated carbocycles. The number of aliphatic imine (C=N–C) groups is 1. The van der Waals surface area contributed by atoms with Crippen molar-refractivity contribution in [3.05, 3.63) is 48.0 Å². The lowest BCUT2D eigenvalue weighted by atomic mass is 10.1. The van der Waals surface area contributed by atoms with Crippen LogP contribution in [0, 0.1) is 0 Å². The Balaban J connectivity index is 2.32. The summed E-state index contributed by atoms with van der Waals surface area (Å²) in [4.78, 5) is 15.7. The zero-order chi connectivity index (χ0) is 10.8. The third-order valence-corrected chi connectivity index (χ3v) is 2.15. The van der Waals surface area contributed by atoms with E-state index in [0.29, 0.717) is 11.5 Å². The molecule has 1 aliphatic rings. The molecule has 1 atom stereocenters. The molecule has 0 spiro atoms. The monoisotopic (exact) mass is 201 g/mol. The lowest BCUT2D eigenvalue weighted by molar-refractivity contribution is -0.135. The maximum Gasteiger partial charge on any atom is 0.342 e. The van der Waals surface area contributed by atoms with Gasteiger partial charge < -0.3 is 4.74 Å². The third-order valence-electron chi connectivity index (χ3n) is 2.15. The van der Waals surface area contributed by atoms with Crippen LogP contribution in [0.1, 0.15) is 18.5 Å². The lowest BCUT2D eigenvalue weighted by Crippen LogP contribution is -2.08. The van der Waals surface area contributed by atoms with Gasteiger partial charge in [-0.3, -0.25) is 0 Å². The SMILES string of the molecule is C=C(C)C1=NC(c2ccccc2)C(=O)O1. The van der Waals surface area contributed by atoms with Gasteiger partial charge in [-0.1, -0.05) is 36.9 Å². The van der Waals surface area contributed by atoms with E-state index in [1.165, 1.54) is 0 Å². The minimum atomic E-state index is -0.530. The van der Waals surface area contributed by atoms with E-state index in [1.54, 1.807) is 6.92 Å². The Bertz CT molecular complexity index is 434. The molecule has 0 aromatic heterocycles. The number of cyclic esters (lactones) is 1. The zero-order valence-corrected chi connectivity index (χ0v) is 8.43. The standard InChI is InChI=1S/C12H11NO2/c1-8(2)11-13-10(12(14)15-11)9-6-4-3-5-7-9/h3-7,10H,1H2,2H3. The Morgan fingerprint density at radius 3 is 2.60 bits per heavy atom. The van der Waals surface area contributed by atoms with Gasteiger partial charge >= 0.3 is 5.97 Å². The molecule has 0 saturated heterocycles. The second-order valence-corrected chi connectivity index (χ2v) is 3.45. The van der Waals surface area contributed by atoms with E-state index in [2.05, 4.69) is 11.6 Å². The van der Waals surface area contributed by atoms with Gasteiger partial charge in [0.25, 0.3) is 0 Å². The van der Waals surface area contributed by atoms with Crippen molar-refractivity contribution in [3.8, 4) is 0 Å². The summed E-state index contributed by atoms with van der Waals surface area (Å²) in [6, 6.07) is 8.83. The minimum Gasteiger partial charge on any atom is -0.406 e. The molecule has 1 heterocycles. The summed E-state index contributed by atoms with van der Waals surface area (Å²) in [6.07, 6.45) is 0. The summed E-state index contributed by atoms with van der Waals surface area (Å²) in [5.74, 6) is 0.00746. The summed E-state index contributed by atoms with van der Waals surface area (Å²) >= 11 is 0. The Labute approximate surface area is 88.1 Å². The first-order chi connectivity index (χ1) is 7.18. The van der Waals surface area contributed by atoms with Gasteiger partial charge in [-0.15, -0.1) is 0 Å². The fourth-order valence-corrected chi connectivity index (χ4v) is 1.39. The molecule has 76 valence electrons. The highest BCUT2D eigenvalue weighted by atomic mass is 16.6. The number of rotatable bonds is 2. The van der Waals surface area contributed by atoms with Gasteiger partial charge in [-0.2, -0.15) is 0 Å². The highest BCUT2D eigenvalue weighted by molar-refractivity contribution is 6.05. The third kappa shape index (κ3) is 1.81. The van der Waals surface area contributed by atoms with Crippen LogP contribution < -0.4 is 0 Å². The quantitative estimate of drug-likeness (QED) is 0.688. The Hall–Kier alpha value is -1.90. The van der Waals surface area contributed by atoms with Crippen molar-refractivity contribution in [2.75, 3.05) is 0 Å². The van der Waals surface area contributed by atoms with Crippen LogP contribution in [0.25, 0.3) is 0 Å². The molecule has 3 nitrogen and oxygen atoms in total. The van der Waals surface area contributed by atoms with Gasteiger partial charge in [0, 0.05) is 5.57 Å². The summed E-state index contributed by atoms with van der Waals surface area (Å²) in [6.45, 7) is 5.46. The smallest absolute Gasteiger partial charge is 0.342 e. The topological polar surface area (TPSA) is 38.7 Å². The van der Waals surface area contributed by atoms with Crippen molar-refractivity contribution in [3.63, 3.8) is 0 Å². The molecule has 0 aliphatic carbocycles. The Morgan fingerprint density at radius 1 is 1.40 bits per heavy atom. The van der Waals surface area contributed by atoms with Crippen LogP contribution in [-0.4, -0.2) is 11.9 Å². The number of ether oxygens (including phenoxy) is 1. The summed E-state index contributed by atoms with van der Waals surface area (Å²) in [5.41, 5.74) is 1.51. The van der Waals surface area contributed by atoms with E-state index >= 15 is 0 Å². The fourth-order valence-electron chi connectivity index (χ4n) is 1.39. The maximum atomic E-state index is 11.5. The highest BCUT2D eigenvalue weighted by Crippen LogP contribution is 2.25. The fraction of sp³-hybridized carbons (Fsp3) is 0.167. The minimum absolute atomic E-state index is 0.334. The summed E-state index contributed by atoms with van der Waals surface area (Å²) < 4.78 is 5.00.